The van der Waals surface area contributed by atoms with E-state index in [0.717, 1.165) is 22.7 Å². The molecule has 1 fully saturated rings. The second-order valence-corrected chi connectivity index (χ2v) is 5.63. The average molecular weight is 399 g/mol. The maximum atomic E-state index is 5.78. The molecule has 1 aliphatic carbocycles. The molecular formula is C16H22IN3O. The zero-order chi connectivity index (χ0) is 13.9. The summed E-state index contributed by atoms with van der Waals surface area (Å²) in [5.41, 5.74) is 0.922. The Balaban J connectivity index is 0.00000161. The lowest BCUT2D eigenvalue weighted by Crippen LogP contribution is -2.42. The first-order valence-electron chi connectivity index (χ1n) is 7.25. The number of para-hydroxylation sites is 1. The van der Waals surface area contributed by atoms with Crippen molar-refractivity contribution < 1.29 is 4.42 Å². The summed E-state index contributed by atoms with van der Waals surface area (Å²) in [5.74, 6) is 1.77. The Kier molecular flexibility index (Phi) is 5.50. The van der Waals surface area contributed by atoms with E-state index in [2.05, 4.69) is 41.6 Å². The normalized spacial score (nSPS) is 15.1. The van der Waals surface area contributed by atoms with Crippen LogP contribution in [0.25, 0.3) is 11.0 Å². The molecule has 0 saturated heterocycles. The van der Waals surface area contributed by atoms with Crippen LogP contribution in [0.4, 0.5) is 0 Å². The number of hydrogen-bond donors (Lipinski definition) is 2. The number of nitrogens with one attached hydrogen (secondary N) is 2. The second kappa shape index (κ2) is 7.15. The highest BCUT2D eigenvalue weighted by molar-refractivity contribution is 14.0. The number of nitrogens with zero attached hydrogens (tertiary/aromatic N) is 1. The van der Waals surface area contributed by atoms with Gasteiger partial charge in [-0.2, -0.15) is 0 Å². The number of benzene rings is 1. The van der Waals surface area contributed by atoms with Crippen molar-refractivity contribution in [2.75, 3.05) is 0 Å². The van der Waals surface area contributed by atoms with Crippen LogP contribution in [0.1, 0.15) is 32.4 Å². The number of fused-ring (bicyclic) bond motifs is 1. The van der Waals surface area contributed by atoms with Gasteiger partial charge < -0.3 is 15.1 Å². The Morgan fingerprint density at radius 1 is 1.33 bits per heavy atom. The van der Waals surface area contributed by atoms with E-state index in [4.69, 9.17) is 4.42 Å². The minimum absolute atomic E-state index is 0. The SMILES string of the molecule is CC(C)NC(=NCc1cc2ccccc2o1)NC1CC1.I. The monoisotopic (exact) mass is 399 g/mol. The third kappa shape index (κ3) is 4.62. The van der Waals surface area contributed by atoms with Crippen molar-refractivity contribution >= 4 is 40.9 Å². The van der Waals surface area contributed by atoms with Gasteiger partial charge in [0.05, 0.1) is 0 Å². The van der Waals surface area contributed by atoms with Crippen LogP contribution in [0.2, 0.25) is 0 Å². The molecule has 1 aliphatic rings. The van der Waals surface area contributed by atoms with E-state index in [1.54, 1.807) is 0 Å². The predicted molar refractivity (Wildman–Crippen MR) is 97.2 cm³/mol. The fourth-order valence-electron chi connectivity index (χ4n) is 2.10. The molecule has 0 amide bonds. The van der Waals surface area contributed by atoms with Crippen molar-refractivity contribution in [1.29, 1.82) is 0 Å². The maximum absolute atomic E-state index is 5.78. The molecule has 1 saturated carbocycles. The molecule has 0 bridgehead atoms. The predicted octanol–water partition coefficient (Wildman–Crippen LogP) is 3.66. The molecule has 0 spiro atoms. The van der Waals surface area contributed by atoms with Crippen molar-refractivity contribution in [2.24, 2.45) is 4.99 Å². The summed E-state index contributed by atoms with van der Waals surface area (Å²) in [6, 6.07) is 11.1. The van der Waals surface area contributed by atoms with Crippen molar-refractivity contribution in [3.05, 3.63) is 36.1 Å². The van der Waals surface area contributed by atoms with E-state index in [9.17, 15) is 0 Å². The number of furan rings is 1. The molecule has 2 N–H and O–H groups in total. The summed E-state index contributed by atoms with van der Waals surface area (Å²) in [6.07, 6.45) is 2.48. The maximum Gasteiger partial charge on any atom is 0.192 e. The Morgan fingerprint density at radius 2 is 2.10 bits per heavy atom. The Bertz CT molecular complexity index is 578. The van der Waals surface area contributed by atoms with Crippen LogP contribution in [0.15, 0.2) is 39.7 Å². The number of hydrogen-bond acceptors (Lipinski definition) is 2. The molecule has 2 aromatic rings. The quantitative estimate of drug-likeness (QED) is 0.469. The fraction of sp³-hybridized carbons (Fsp3) is 0.438. The van der Waals surface area contributed by atoms with Crippen LogP contribution >= 0.6 is 24.0 Å². The molecule has 0 atom stereocenters. The largest absolute Gasteiger partial charge is 0.459 e. The van der Waals surface area contributed by atoms with Gasteiger partial charge in [0.25, 0.3) is 0 Å². The van der Waals surface area contributed by atoms with Crippen molar-refractivity contribution in [3.63, 3.8) is 0 Å². The molecule has 21 heavy (non-hydrogen) atoms. The lowest BCUT2D eigenvalue weighted by molar-refractivity contribution is 0.550. The summed E-state index contributed by atoms with van der Waals surface area (Å²) in [7, 11) is 0. The highest BCUT2D eigenvalue weighted by atomic mass is 127. The highest BCUT2D eigenvalue weighted by Gasteiger charge is 2.22. The number of halogens is 1. The fourth-order valence-corrected chi connectivity index (χ4v) is 2.10. The Labute approximate surface area is 142 Å². The van der Waals surface area contributed by atoms with E-state index in [0.29, 0.717) is 18.6 Å². The van der Waals surface area contributed by atoms with Gasteiger partial charge in [0.1, 0.15) is 17.9 Å². The minimum atomic E-state index is 0. The molecular weight excluding hydrogens is 377 g/mol. The van der Waals surface area contributed by atoms with Gasteiger partial charge >= 0.3 is 0 Å². The van der Waals surface area contributed by atoms with Gasteiger partial charge in [-0.25, -0.2) is 4.99 Å². The average Bonchev–Trinajstić information content (AvgIpc) is 3.12. The lowest BCUT2D eigenvalue weighted by Gasteiger charge is -2.14. The van der Waals surface area contributed by atoms with Crippen LogP contribution in [-0.4, -0.2) is 18.0 Å². The molecule has 1 heterocycles. The van der Waals surface area contributed by atoms with Crippen molar-refractivity contribution in [3.8, 4) is 0 Å². The van der Waals surface area contributed by atoms with Gasteiger partial charge in [0, 0.05) is 17.5 Å². The summed E-state index contributed by atoms with van der Waals surface area (Å²) in [6.45, 7) is 4.79. The van der Waals surface area contributed by atoms with E-state index in [1.165, 1.54) is 12.8 Å². The molecule has 114 valence electrons. The molecule has 0 radical (unpaired) electrons. The van der Waals surface area contributed by atoms with Gasteiger partial charge in [-0.3, -0.25) is 0 Å². The number of aliphatic imine (C=N–C) groups is 1. The number of guanidine groups is 1. The van der Waals surface area contributed by atoms with Crippen LogP contribution in [-0.2, 0) is 6.54 Å². The van der Waals surface area contributed by atoms with Gasteiger partial charge in [-0.15, -0.1) is 24.0 Å². The third-order valence-corrected chi connectivity index (χ3v) is 3.21. The molecule has 4 nitrogen and oxygen atoms in total. The van der Waals surface area contributed by atoms with Crippen LogP contribution in [0, 0.1) is 0 Å². The summed E-state index contributed by atoms with van der Waals surface area (Å²) in [5, 5.41) is 7.91. The standard InChI is InChI=1S/C16H21N3O.HI/c1-11(2)18-16(19-13-7-8-13)17-10-14-9-12-5-3-4-6-15(12)20-14;/h3-6,9,11,13H,7-8,10H2,1-2H3,(H2,17,18,19);1H. The third-order valence-electron chi connectivity index (χ3n) is 3.21. The lowest BCUT2D eigenvalue weighted by atomic mass is 10.2. The zero-order valence-electron chi connectivity index (χ0n) is 12.4. The number of rotatable bonds is 4. The van der Waals surface area contributed by atoms with Crippen molar-refractivity contribution in [2.45, 2.75) is 45.3 Å². The molecule has 1 aromatic heterocycles. The van der Waals surface area contributed by atoms with Gasteiger partial charge in [0.15, 0.2) is 5.96 Å². The minimum Gasteiger partial charge on any atom is -0.459 e. The first-order valence-corrected chi connectivity index (χ1v) is 7.25. The van der Waals surface area contributed by atoms with Crippen molar-refractivity contribution in [1.82, 2.24) is 10.6 Å². The molecule has 5 heteroatoms. The van der Waals surface area contributed by atoms with Gasteiger partial charge in [-0.1, -0.05) is 18.2 Å². The Hall–Kier alpha value is -1.24. The topological polar surface area (TPSA) is 49.6 Å². The first kappa shape index (κ1) is 16.1. The molecule has 3 rings (SSSR count). The van der Waals surface area contributed by atoms with E-state index < -0.39 is 0 Å². The van der Waals surface area contributed by atoms with E-state index in [1.807, 2.05) is 18.2 Å². The van der Waals surface area contributed by atoms with Crippen LogP contribution < -0.4 is 10.6 Å². The smallest absolute Gasteiger partial charge is 0.192 e. The summed E-state index contributed by atoms with van der Waals surface area (Å²) < 4.78 is 5.78. The Morgan fingerprint density at radius 3 is 2.76 bits per heavy atom. The zero-order valence-corrected chi connectivity index (χ0v) is 14.8. The van der Waals surface area contributed by atoms with Crippen LogP contribution in [0.3, 0.4) is 0 Å². The first-order chi connectivity index (χ1) is 9.70. The van der Waals surface area contributed by atoms with Gasteiger partial charge in [-0.05, 0) is 38.8 Å². The van der Waals surface area contributed by atoms with E-state index in [-0.39, 0.29) is 24.0 Å². The molecule has 0 aliphatic heterocycles. The molecule has 0 unspecified atom stereocenters. The summed E-state index contributed by atoms with van der Waals surface area (Å²) in [4.78, 5) is 4.61. The van der Waals surface area contributed by atoms with Gasteiger partial charge in [0.2, 0.25) is 0 Å². The summed E-state index contributed by atoms with van der Waals surface area (Å²) >= 11 is 0. The highest BCUT2D eigenvalue weighted by Crippen LogP contribution is 2.20. The second-order valence-electron chi connectivity index (χ2n) is 5.63. The van der Waals surface area contributed by atoms with Crippen LogP contribution in [0.5, 0.6) is 0 Å². The molecule has 1 aromatic carbocycles. The van der Waals surface area contributed by atoms with E-state index >= 15 is 0 Å².